The van der Waals surface area contributed by atoms with Crippen LogP contribution in [0.2, 0.25) is 0 Å². The Hall–Kier alpha value is -3.98. The van der Waals surface area contributed by atoms with Gasteiger partial charge in [-0.1, -0.05) is 5.16 Å². The van der Waals surface area contributed by atoms with Crippen LogP contribution in [-0.2, 0) is 17.9 Å². The molecule has 0 bridgehead atoms. The fourth-order valence-corrected chi connectivity index (χ4v) is 3.07. The Bertz CT molecular complexity index is 1190. The van der Waals surface area contributed by atoms with Crippen molar-refractivity contribution >= 4 is 11.7 Å². The number of aromatic nitrogens is 2. The minimum Gasteiger partial charge on any atom is -0.467 e. The molecular weight excluding hydrogens is 405 g/mol. The molecule has 4 aromatic rings. The minimum atomic E-state index is -0.409. The van der Waals surface area contributed by atoms with E-state index in [1.165, 1.54) is 49.9 Å². The van der Waals surface area contributed by atoms with Crippen LogP contribution in [0, 0.1) is 5.82 Å². The molecule has 2 N–H and O–H groups in total. The van der Waals surface area contributed by atoms with Crippen molar-refractivity contribution in [2.45, 2.75) is 13.2 Å². The fraction of sp³-hybridized carbons (Fsp3) is 0.136. The highest BCUT2D eigenvalue weighted by atomic mass is 19.1. The number of nitrogens with zero attached hydrogens (tertiary/aromatic N) is 1. The minimum absolute atomic E-state index is 0.0240. The maximum atomic E-state index is 13.3. The number of benzene rings is 1. The summed E-state index contributed by atoms with van der Waals surface area (Å²) in [7, 11) is 1.46. The Morgan fingerprint density at radius 1 is 1.23 bits per heavy atom. The van der Waals surface area contributed by atoms with E-state index in [9.17, 15) is 14.0 Å². The molecule has 3 heterocycles. The van der Waals surface area contributed by atoms with Crippen LogP contribution >= 0.6 is 0 Å². The number of furan rings is 1. The zero-order chi connectivity index (χ0) is 21.8. The second-order valence-electron chi connectivity index (χ2n) is 6.66. The number of H-pyrrole nitrogens is 1. The molecule has 8 nitrogen and oxygen atoms in total. The Balaban J connectivity index is 1.60. The third-order valence-corrected chi connectivity index (χ3v) is 4.58. The number of ether oxygens (including phenoxy) is 1. The highest BCUT2D eigenvalue weighted by molar-refractivity contribution is 6.13. The molecule has 1 amide bonds. The zero-order valence-corrected chi connectivity index (χ0v) is 16.5. The molecular formula is C22H18FN3O5. The first kappa shape index (κ1) is 20.3. The van der Waals surface area contributed by atoms with Crippen LogP contribution < -0.4 is 5.32 Å². The molecule has 0 saturated carbocycles. The van der Waals surface area contributed by atoms with Crippen LogP contribution in [0.1, 0.15) is 37.9 Å². The van der Waals surface area contributed by atoms with Gasteiger partial charge in [0.2, 0.25) is 5.78 Å². The molecule has 0 saturated heterocycles. The second kappa shape index (κ2) is 8.80. The smallest absolute Gasteiger partial charge is 0.268 e. The number of rotatable bonds is 8. The van der Waals surface area contributed by atoms with Gasteiger partial charge in [0.1, 0.15) is 29.6 Å². The topological polar surface area (TPSA) is 110 Å². The summed E-state index contributed by atoms with van der Waals surface area (Å²) < 4.78 is 28.9. The predicted octanol–water partition coefficient (Wildman–Crippen LogP) is 3.71. The van der Waals surface area contributed by atoms with E-state index in [1.54, 1.807) is 12.1 Å². The Labute approximate surface area is 176 Å². The summed E-state index contributed by atoms with van der Waals surface area (Å²) in [5, 5.41) is 6.68. The molecule has 1 aromatic carbocycles. The number of ketones is 1. The number of nitrogens with one attached hydrogen (secondary N) is 2. The number of halogens is 1. The van der Waals surface area contributed by atoms with Gasteiger partial charge in [-0.2, -0.15) is 0 Å². The maximum absolute atomic E-state index is 13.3. The third-order valence-electron chi connectivity index (χ3n) is 4.58. The largest absolute Gasteiger partial charge is 0.467 e. The molecule has 4 rings (SSSR count). The fourth-order valence-electron chi connectivity index (χ4n) is 3.07. The highest BCUT2D eigenvalue weighted by Gasteiger charge is 2.26. The van der Waals surface area contributed by atoms with E-state index in [0.29, 0.717) is 11.3 Å². The van der Waals surface area contributed by atoms with E-state index in [0.717, 1.165) is 0 Å². The molecule has 0 aliphatic heterocycles. The van der Waals surface area contributed by atoms with Gasteiger partial charge < -0.3 is 24.0 Å². The molecule has 0 unspecified atom stereocenters. The van der Waals surface area contributed by atoms with Gasteiger partial charge in [0.15, 0.2) is 5.76 Å². The van der Waals surface area contributed by atoms with Crippen molar-refractivity contribution in [1.82, 2.24) is 15.5 Å². The Kier molecular flexibility index (Phi) is 5.76. The number of hydrogen-bond acceptors (Lipinski definition) is 6. The van der Waals surface area contributed by atoms with Gasteiger partial charge in [0, 0.05) is 24.4 Å². The van der Waals surface area contributed by atoms with Gasteiger partial charge in [-0.25, -0.2) is 4.39 Å². The van der Waals surface area contributed by atoms with Gasteiger partial charge in [-0.3, -0.25) is 9.59 Å². The van der Waals surface area contributed by atoms with Crippen molar-refractivity contribution in [3.8, 4) is 11.3 Å². The van der Waals surface area contributed by atoms with Crippen LogP contribution in [0.3, 0.4) is 0 Å². The molecule has 0 atom stereocenters. The van der Waals surface area contributed by atoms with E-state index in [-0.39, 0.29) is 41.4 Å². The molecule has 9 heteroatoms. The number of amides is 1. The van der Waals surface area contributed by atoms with Gasteiger partial charge in [-0.05, 0) is 42.5 Å². The summed E-state index contributed by atoms with van der Waals surface area (Å²) in [6.45, 7) is 0.239. The van der Waals surface area contributed by atoms with Crippen molar-refractivity contribution in [3.63, 3.8) is 0 Å². The van der Waals surface area contributed by atoms with Gasteiger partial charge in [0.05, 0.1) is 18.4 Å². The highest BCUT2D eigenvalue weighted by Crippen LogP contribution is 2.29. The first-order chi connectivity index (χ1) is 15.1. The van der Waals surface area contributed by atoms with Crippen LogP contribution in [-0.4, -0.2) is 28.9 Å². The molecule has 0 aliphatic carbocycles. The summed E-state index contributed by atoms with van der Waals surface area (Å²) in [4.78, 5) is 28.4. The lowest BCUT2D eigenvalue weighted by Gasteiger charge is -2.03. The number of aromatic amines is 1. The van der Waals surface area contributed by atoms with Crippen molar-refractivity contribution < 1.29 is 27.7 Å². The second-order valence-corrected chi connectivity index (χ2v) is 6.66. The molecule has 0 aliphatic rings. The van der Waals surface area contributed by atoms with Gasteiger partial charge >= 0.3 is 0 Å². The van der Waals surface area contributed by atoms with Crippen molar-refractivity contribution in [2.24, 2.45) is 0 Å². The molecule has 0 fully saturated rings. The Morgan fingerprint density at radius 3 is 2.74 bits per heavy atom. The molecule has 3 aromatic heterocycles. The summed E-state index contributed by atoms with van der Waals surface area (Å²) in [5.41, 5.74) is 1.43. The lowest BCUT2D eigenvalue weighted by Crippen LogP contribution is -2.22. The number of methoxy groups -OCH3 is 1. The summed E-state index contributed by atoms with van der Waals surface area (Å²) >= 11 is 0. The average Bonchev–Trinajstić information content (AvgIpc) is 3.53. The van der Waals surface area contributed by atoms with E-state index < -0.39 is 17.5 Å². The van der Waals surface area contributed by atoms with E-state index in [2.05, 4.69) is 15.5 Å². The number of carbonyl (C=O) groups is 2. The van der Waals surface area contributed by atoms with E-state index in [4.69, 9.17) is 13.7 Å². The van der Waals surface area contributed by atoms with Crippen LogP contribution in [0.4, 0.5) is 4.39 Å². The lowest BCUT2D eigenvalue weighted by molar-refractivity contribution is 0.0943. The first-order valence-electron chi connectivity index (χ1n) is 9.34. The quantitative estimate of drug-likeness (QED) is 0.418. The van der Waals surface area contributed by atoms with Crippen LogP contribution in [0.5, 0.6) is 0 Å². The lowest BCUT2D eigenvalue weighted by atomic mass is 9.99. The number of carbonyl (C=O) groups excluding carboxylic acids is 2. The van der Waals surface area contributed by atoms with Crippen molar-refractivity contribution in [2.75, 3.05) is 7.11 Å². The van der Waals surface area contributed by atoms with E-state index >= 15 is 0 Å². The van der Waals surface area contributed by atoms with Crippen molar-refractivity contribution in [3.05, 3.63) is 89.1 Å². The van der Waals surface area contributed by atoms with Gasteiger partial charge in [0.25, 0.3) is 5.91 Å². The molecule has 31 heavy (non-hydrogen) atoms. The standard InChI is InChI=1S/C22H18FN3O5/c1-29-12-18-19(20(26-31-18)13-4-6-15(23)7-5-13)21(27)14-9-17(24-10-14)22(28)25-11-16-3-2-8-30-16/h2-10,24H,11-12H2,1H3,(H,25,28). The maximum Gasteiger partial charge on any atom is 0.268 e. The summed E-state index contributed by atoms with van der Waals surface area (Å²) in [5.74, 6) is -0.371. The van der Waals surface area contributed by atoms with E-state index in [1.807, 2.05) is 0 Å². The SMILES string of the molecule is COCc1onc(-c2ccc(F)cc2)c1C(=O)c1c[nH]c(C(=O)NCc2ccco2)c1. The molecule has 0 spiro atoms. The van der Waals surface area contributed by atoms with Crippen LogP contribution in [0.25, 0.3) is 11.3 Å². The Morgan fingerprint density at radius 2 is 2.03 bits per heavy atom. The molecule has 158 valence electrons. The zero-order valence-electron chi connectivity index (χ0n) is 16.5. The summed E-state index contributed by atoms with van der Waals surface area (Å²) in [6, 6.07) is 10.5. The normalized spacial score (nSPS) is 10.9. The number of hydrogen-bond donors (Lipinski definition) is 2. The summed E-state index contributed by atoms with van der Waals surface area (Å²) in [6.07, 6.45) is 2.95. The van der Waals surface area contributed by atoms with Gasteiger partial charge in [-0.15, -0.1) is 0 Å². The third kappa shape index (κ3) is 4.31. The van der Waals surface area contributed by atoms with Crippen LogP contribution in [0.15, 0.2) is 63.9 Å². The first-order valence-corrected chi connectivity index (χ1v) is 9.34. The predicted molar refractivity (Wildman–Crippen MR) is 107 cm³/mol. The molecule has 0 radical (unpaired) electrons. The average molecular weight is 423 g/mol. The monoisotopic (exact) mass is 423 g/mol. The van der Waals surface area contributed by atoms with Crippen molar-refractivity contribution in [1.29, 1.82) is 0 Å².